The van der Waals surface area contributed by atoms with E-state index < -0.39 is 0 Å². The molecule has 1 aliphatic rings. The van der Waals surface area contributed by atoms with Crippen molar-refractivity contribution in [2.75, 3.05) is 6.54 Å². The largest absolute Gasteiger partial charge is 0.468 e. The zero-order valence-corrected chi connectivity index (χ0v) is 11.6. The molecule has 2 aromatic rings. The summed E-state index contributed by atoms with van der Waals surface area (Å²) in [7, 11) is 0. The predicted octanol–water partition coefficient (Wildman–Crippen LogP) is 4.54. The minimum atomic E-state index is -0.174. The molecule has 1 fully saturated rings. The minimum Gasteiger partial charge on any atom is -0.468 e. The van der Waals surface area contributed by atoms with Crippen LogP contribution in [0.25, 0.3) is 0 Å². The monoisotopic (exact) mass is 273 g/mol. The molecule has 106 valence electrons. The number of hydrogen-bond acceptors (Lipinski definition) is 2. The molecule has 1 unspecified atom stereocenters. The van der Waals surface area contributed by atoms with Crippen molar-refractivity contribution in [1.82, 2.24) is 4.90 Å². The number of benzene rings is 1. The second-order valence-electron chi connectivity index (χ2n) is 5.48. The van der Waals surface area contributed by atoms with Crippen LogP contribution in [0.4, 0.5) is 4.39 Å². The SMILES string of the molecule is Fc1ccc(CN2CCCCCC2c2ccco2)cc1. The van der Waals surface area contributed by atoms with E-state index in [1.54, 1.807) is 6.26 Å². The Kier molecular flexibility index (Phi) is 4.16. The van der Waals surface area contributed by atoms with Crippen LogP contribution in [0.5, 0.6) is 0 Å². The number of halogens is 1. The Labute approximate surface area is 119 Å². The molecule has 2 heterocycles. The first-order chi connectivity index (χ1) is 9.83. The van der Waals surface area contributed by atoms with Crippen molar-refractivity contribution in [3.8, 4) is 0 Å². The van der Waals surface area contributed by atoms with Crippen molar-refractivity contribution >= 4 is 0 Å². The van der Waals surface area contributed by atoms with Crippen LogP contribution in [0, 0.1) is 5.82 Å². The number of rotatable bonds is 3. The van der Waals surface area contributed by atoms with E-state index in [9.17, 15) is 4.39 Å². The van der Waals surface area contributed by atoms with Gasteiger partial charge in [0.1, 0.15) is 11.6 Å². The van der Waals surface area contributed by atoms with Gasteiger partial charge in [0.05, 0.1) is 12.3 Å². The van der Waals surface area contributed by atoms with E-state index in [-0.39, 0.29) is 5.82 Å². The molecule has 0 N–H and O–H groups in total. The summed E-state index contributed by atoms with van der Waals surface area (Å²) in [5, 5.41) is 0. The Morgan fingerprint density at radius 2 is 1.95 bits per heavy atom. The molecule has 0 radical (unpaired) electrons. The summed E-state index contributed by atoms with van der Waals surface area (Å²) >= 11 is 0. The van der Waals surface area contributed by atoms with Crippen molar-refractivity contribution in [3.05, 3.63) is 59.8 Å². The summed E-state index contributed by atoms with van der Waals surface area (Å²) in [5.41, 5.74) is 1.16. The minimum absolute atomic E-state index is 0.174. The molecule has 2 nitrogen and oxygen atoms in total. The summed E-state index contributed by atoms with van der Waals surface area (Å²) in [6.07, 6.45) is 6.62. The van der Waals surface area contributed by atoms with Gasteiger partial charge in [0.25, 0.3) is 0 Å². The van der Waals surface area contributed by atoms with Crippen LogP contribution >= 0.6 is 0 Å². The van der Waals surface area contributed by atoms with Gasteiger partial charge in [0.15, 0.2) is 0 Å². The predicted molar refractivity (Wildman–Crippen MR) is 76.7 cm³/mol. The summed E-state index contributed by atoms with van der Waals surface area (Å²) in [4.78, 5) is 2.46. The Morgan fingerprint density at radius 3 is 2.70 bits per heavy atom. The number of furan rings is 1. The Bertz CT molecular complexity index is 520. The first-order valence-electron chi connectivity index (χ1n) is 7.35. The molecule has 0 aliphatic carbocycles. The molecule has 1 atom stereocenters. The van der Waals surface area contributed by atoms with E-state index in [1.807, 2.05) is 18.2 Å². The van der Waals surface area contributed by atoms with E-state index in [2.05, 4.69) is 11.0 Å². The van der Waals surface area contributed by atoms with Crippen LogP contribution in [0.1, 0.15) is 43.0 Å². The molecule has 0 spiro atoms. The smallest absolute Gasteiger partial charge is 0.123 e. The van der Waals surface area contributed by atoms with E-state index >= 15 is 0 Å². The van der Waals surface area contributed by atoms with Crippen molar-refractivity contribution in [1.29, 1.82) is 0 Å². The second kappa shape index (κ2) is 6.23. The van der Waals surface area contributed by atoms with Crippen LogP contribution in [-0.4, -0.2) is 11.4 Å². The van der Waals surface area contributed by atoms with E-state index in [4.69, 9.17) is 4.42 Å². The Hall–Kier alpha value is -1.61. The maximum Gasteiger partial charge on any atom is 0.123 e. The zero-order valence-electron chi connectivity index (χ0n) is 11.6. The molecule has 1 saturated heterocycles. The standard InChI is InChI=1S/C17H20FNO/c18-15-9-7-14(8-10-15)13-19-11-3-1-2-5-16(19)17-6-4-12-20-17/h4,6-10,12,16H,1-3,5,11,13H2. The van der Waals surface area contributed by atoms with Gasteiger partial charge in [-0.25, -0.2) is 4.39 Å². The molecule has 20 heavy (non-hydrogen) atoms. The maximum atomic E-state index is 13.0. The van der Waals surface area contributed by atoms with E-state index in [0.717, 1.165) is 30.8 Å². The van der Waals surface area contributed by atoms with Gasteiger partial charge in [-0.05, 0) is 49.2 Å². The molecule has 0 amide bonds. The normalized spacial score (nSPS) is 20.8. The third-order valence-corrected chi connectivity index (χ3v) is 4.03. The average molecular weight is 273 g/mol. The third-order valence-electron chi connectivity index (χ3n) is 4.03. The van der Waals surface area contributed by atoms with Crippen molar-refractivity contribution in [2.45, 2.75) is 38.3 Å². The van der Waals surface area contributed by atoms with Gasteiger partial charge in [-0.15, -0.1) is 0 Å². The fourth-order valence-electron chi connectivity index (χ4n) is 2.98. The highest BCUT2D eigenvalue weighted by Crippen LogP contribution is 2.31. The summed E-state index contributed by atoms with van der Waals surface area (Å²) in [6, 6.07) is 11.2. The molecule has 3 heteroatoms. The molecule has 1 aromatic carbocycles. The molecule has 3 rings (SSSR count). The summed E-state index contributed by atoms with van der Waals surface area (Å²) < 4.78 is 18.6. The van der Waals surface area contributed by atoms with Gasteiger partial charge < -0.3 is 4.42 Å². The van der Waals surface area contributed by atoms with Crippen molar-refractivity contribution < 1.29 is 8.81 Å². The summed E-state index contributed by atoms with van der Waals surface area (Å²) in [5.74, 6) is 0.876. The van der Waals surface area contributed by atoms with Crippen molar-refractivity contribution in [3.63, 3.8) is 0 Å². The lowest BCUT2D eigenvalue weighted by molar-refractivity contribution is 0.169. The Morgan fingerprint density at radius 1 is 1.10 bits per heavy atom. The number of hydrogen-bond donors (Lipinski definition) is 0. The fraction of sp³-hybridized carbons (Fsp3) is 0.412. The third kappa shape index (κ3) is 3.10. The van der Waals surface area contributed by atoms with Gasteiger partial charge in [0.2, 0.25) is 0 Å². The Balaban J connectivity index is 1.78. The molecule has 0 saturated carbocycles. The van der Waals surface area contributed by atoms with Crippen LogP contribution in [-0.2, 0) is 6.54 Å². The lowest BCUT2D eigenvalue weighted by Gasteiger charge is -2.28. The molecule has 1 aliphatic heterocycles. The van der Waals surface area contributed by atoms with Crippen LogP contribution in [0.2, 0.25) is 0 Å². The van der Waals surface area contributed by atoms with Crippen molar-refractivity contribution in [2.24, 2.45) is 0 Å². The first kappa shape index (κ1) is 13.4. The highest BCUT2D eigenvalue weighted by atomic mass is 19.1. The lowest BCUT2D eigenvalue weighted by Crippen LogP contribution is -2.27. The van der Waals surface area contributed by atoms with Crippen LogP contribution < -0.4 is 0 Å². The van der Waals surface area contributed by atoms with Crippen LogP contribution in [0.15, 0.2) is 47.1 Å². The molecule has 1 aromatic heterocycles. The number of likely N-dealkylation sites (tertiary alicyclic amines) is 1. The quantitative estimate of drug-likeness (QED) is 0.816. The average Bonchev–Trinajstić information content (AvgIpc) is 2.89. The van der Waals surface area contributed by atoms with E-state index in [0.29, 0.717) is 6.04 Å². The summed E-state index contributed by atoms with van der Waals surface area (Å²) in [6.45, 7) is 1.92. The van der Waals surface area contributed by atoms with Gasteiger partial charge in [-0.2, -0.15) is 0 Å². The highest BCUT2D eigenvalue weighted by molar-refractivity contribution is 5.16. The lowest BCUT2D eigenvalue weighted by atomic mass is 10.1. The van der Waals surface area contributed by atoms with Gasteiger partial charge in [-0.3, -0.25) is 4.90 Å². The van der Waals surface area contributed by atoms with Crippen LogP contribution in [0.3, 0.4) is 0 Å². The fourth-order valence-corrected chi connectivity index (χ4v) is 2.98. The highest BCUT2D eigenvalue weighted by Gasteiger charge is 2.24. The van der Waals surface area contributed by atoms with E-state index in [1.165, 1.54) is 31.4 Å². The van der Waals surface area contributed by atoms with Gasteiger partial charge in [0, 0.05) is 6.54 Å². The molecular formula is C17H20FNO. The topological polar surface area (TPSA) is 16.4 Å². The number of nitrogens with zero attached hydrogens (tertiary/aromatic N) is 1. The molecule has 0 bridgehead atoms. The molecular weight excluding hydrogens is 253 g/mol. The zero-order chi connectivity index (χ0) is 13.8. The van der Waals surface area contributed by atoms with Gasteiger partial charge >= 0.3 is 0 Å². The first-order valence-corrected chi connectivity index (χ1v) is 7.35. The maximum absolute atomic E-state index is 13.0. The second-order valence-corrected chi connectivity index (χ2v) is 5.48. The van der Waals surface area contributed by atoms with Gasteiger partial charge in [-0.1, -0.05) is 25.0 Å².